The van der Waals surface area contributed by atoms with Crippen molar-refractivity contribution in [2.45, 2.75) is 6.18 Å². The summed E-state index contributed by atoms with van der Waals surface area (Å²) in [5.74, 6) is 0.0854. The summed E-state index contributed by atoms with van der Waals surface area (Å²) in [6, 6.07) is 10.6. The van der Waals surface area contributed by atoms with Crippen molar-refractivity contribution < 1.29 is 27.4 Å². The number of nitrogens with one attached hydrogen (secondary N) is 1. The lowest BCUT2D eigenvalue weighted by Crippen LogP contribution is -2.39. The first-order chi connectivity index (χ1) is 17.9. The molecule has 1 aromatic carbocycles. The molecule has 0 spiro atoms. The lowest BCUT2D eigenvalue weighted by atomic mass is 10.1. The molecule has 5 rings (SSSR count). The lowest BCUT2D eigenvalue weighted by molar-refractivity contribution is -0.137. The normalized spacial score (nSPS) is 16.5. The van der Waals surface area contributed by atoms with E-state index in [9.17, 15) is 18.0 Å². The Hall–Kier alpha value is -3.77. The maximum atomic E-state index is 14.2. The van der Waals surface area contributed by atoms with Gasteiger partial charge in [0.05, 0.1) is 37.7 Å². The number of alkyl halides is 3. The minimum absolute atomic E-state index is 0.0961. The zero-order valence-electron chi connectivity index (χ0n) is 19.9. The van der Waals surface area contributed by atoms with Crippen LogP contribution in [0, 0.1) is 0 Å². The number of rotatable bonds is 5. The third kappa shape index (κ3) is 5.81. The van der Waals surface area contributed by atoms with Gasteiger partial charge in [0.2, 0.25) is 5.95 Å². The molecule has 2 aliphatic rings. The Morgan fingerprint density at radius 1 is 0.892 bits per heavy atom. The Morgan fingerprint density at radius 2 is 1.54 bits per heavy atom. The van der Waals surface area contributed by atoms with Gasteiger partial charge in [-0.25, -0.2) is 9.97 Å². The summed E-state index contributed by atoms with van der Waals surface area (Å²) in [7, 11) is 0. The van der Waals surface area contributed by atoms with Crippen LogP contribution in [-0.2, 0) is 15.7 Å². The van der Waals surface area contributed by atoms with Crippen molar-refractivity contribution in [2.24, 2.45) is 0 Å². The van der Waals surface area contributed by atoms with Gasteiger partial charge in [-0.3, -0.25) is 4.79 Å². The molecule has 4 heterocycles. The highest BCUT2D eigenvalue weighted by molar-refractivity contribution is 6.03. The van der Waals surface area contributed by atoms with E-state index in [4.69, 9.17) is 9.47 Å². The molecule has 0 radical (unpaired) electrons. The molecule has 194 valence electrons. The van der Waals surface area contributed by atoms with E-state index in [1.165, 1.54) is 0 Å². The molecule has 0 atom stereocenters. The predicted octanol–water partition coefficient (Wildman–Crippen LogP) is 3.48. The van der Waals surface area contributed by atoms with E-state index in [2.05, 4.69) is 20.3 Å². The van der Waals surface area contributed by atoms with Gasteiger partial charge in [-0.05, 0) is 18.2 Å². The lowest BCUT2D eigenvalue weighted by Gasteiger charge is -2.31. The molecule has 2 aromatic heterocycles. The molecule has 0 bridgehead atoms. The number of aromatic nitrogens is 3. The fraction of sp³-hybridized carbons (Fsp3) is 0.360. The molecule has 37 heavy (non-hydrogen) atoms. The summed E-state index contributed by atoms with van der Waals surface area (Å²) in [5, 5.41) is 2.45. The van der Waals surface area contributed by atoms with Crippen molar-refractivity contribution >= 4 is 23.5 Å². The van der Waals surface area contributed by atoms with Crippen LogP contribution >= 0.6 is 0 Å². The summed E-state index contributed by atoms with van der Waals surface area (Å²) in [5.41, 5.74) is -0.746. The first-order valence-corrected chi connectivity index (χ1v) is 11.9. The van der Waals surface area contributed by atoms with Crippen LogP contribution in [-0.4, -0.2) is 73.5 Å². The maximum absolute atomic E-state index is 14.2. The van der Waals surface area contributed by atoms with E-state index in [0.29, 0.717) is 69.9 Å². The molecule has 0 saturated carbocycles. The Balaban J connectivity index is 1.54. The molecule has 12 heteroatoms. The van der Waals surface area contributed by atoms with E-state index in [1.54, 1.807) is 36.4 Å². The zero-order chi connectivity index (χ0) is 25.8. The molecular formula is C25H25F3N6O3. The second kappa shape index (κ2) is 10.7. The number of nitrogens with zero attached hydrogens (tertiary/aromatic N) is 5. The number of hydrogen-bond donors (Lipinski definition) is 1. The van der Waals surface area contributed by atoms with Gasteiger partial charge in [0.25, 0.3) is 5.91 Å². The second-order valence-corrected chi connectivity index (χ2v) is 8.54. The van der Waals surface area contributed by atoms with Gasteiger partial charge < -0.3 is 24.6 Å². The van der Waals surface area contributed by atoms with Crippen LogP contribution in [0.2, 0.25) is 0 Å². The summed E-state index contributed by atoms with van der Waals surface area (Å²) in [6.07, 6.45) is -3.62. The van der Waals surface area contributed by atoms with Crippen molar-refractivity contribution in [3.8, 4) is 11.3 Å². The van der Waals surface area contributed by atoms with Gasteiger partial charge in [0.1, 0.15) is 11.6 Å². The molecule has 0 unspecified atom stereocenters. The Morgan fingerprint density at radius 3 is 2.19 bits per heavy atom. The Kier molecular flexibility index (Phi) is 7.19. The molecule has 2 saturated heterocycles. The first kappa shape index (κ1) is 24.9. The first-order valence-electron chi connectivity index (χ1n) is 11.9. The van der Waals surface area contributed by atoms with Gasteiger partial charge in [-0.2, -0.15) is 18.2 Å². The average molecular weight is 515 g/mol. The maximum Gasteiger partial charge on any atom is 0.417 e. The third-order valence-electron chi connectivity index (χ3n) is 6.09. The van der Waals surface area contributed by atoms with Gasteiger partial charge in [-0.15, -0.1) is 0 Å². The highest BCUT2D eigenvalue weighted by Gasteiger charge is 2.35. The van der Waals surface area contributed by atoms with Crippen LogP contribution in [0.25, 0.3) is 11.3 Å². The minimum Gasteiger partial charge on any atom is -0.378 e. The van der Waals surface area contributed by atoms with E-state index in [1.807, 2.05) is 9.80 Å². The largest absolute Gasteiger partial charge is 0.417 e. The van der Waals surface area contributed by atoms with Crippen molar-refractivity contribution in [2.75, 3.05) is 67.7 Å². The van der Waals surface area contributed by atoms with E-state index in [-0.39, 0.29) is 17.1 Å². The van der Waals surface area contributed by atoms with Crippen LogP contribution in [0.4, 0.5) is 30.8 Å². The molecule has 3 aromatic rings. The topological polar surface area (TPSA) is 92.7 Å². The predicted molar refractivity (Wildman–Crippen MR) is 131 cm³/mol. The monoisotopic (exact) mass is 514 g/mol. The summed E-state index contributed by atoms with van der Waals surface area (Å²) >= 11 is 0. The molecule has 1 amide bonds. The molecule has 9 nitrogen and oxygen atoms in total. The SMILES string of the molecule is O=C(Nc1cc(C(F)(F)F)c(-c2cc(N3CCOCC3)nc(N3CCOCC3)n2)cn1)c1ccccc1. The van der Waals surface area contributed by atoms with Gasteiger partial charge >= 0.3 is 6.18 Å². The quantitative estimate of drug-likeness (QED) is 0.554. The molecule has 0 aliphatic carbocycles. The summed E-state index contributed by atoms with van der Waals surface area (Å²) in [4.78, 5) is 29.6. The van der Waals surface area contributed by atoms with Crippen molar-refractivity contribution in [3.05, 3.63) is 59.8 Å². The highest BCUT2D eigenvalue weighted by Crippen LogP contribution is 2.38. The second-order valence-electron chi connectivity index (χ2n) is 8.54. The number of morpholine rings is 2. The average Bonchev–Trinajstić information content (AvgIpc) is 2.94. The minimum atomic E-state index is -4.71. The number of amides is 1. The Labute approximate surface area is 211 Å². The number of halogens is 3. The smallest absolute Gasteiger partial charge is 0.378 e. The highest BCUT2D eigenvalue weighted by atomic mass is 19.4. The van der Waals surface area contributed by atoms with Gasteiger partial charge in [0, 0.05) is 49.6 Å². The summed E-state index contributed by atoms with van der Waals surface area (Å²) in [6.45, 7) is 4.13. The third-order valence-corrected chi connectivity index (χ3v) is 6.09. The van der Waals surface area contributed by atoms with Gasteiger partial charge in [0.15, 0.2) is 0 Å². The standard InChI is InChI=1S/C25H25F3N6O3/c26-25(27,28)19-14-21(31-23(35)17-4-2-1-3-5-17)29-16-18(19)20-15-22(33-6-10-36-11-7-33)32-24(30-20)34-8-12-37-13-9-34/h1-5,14-16H,6-13H2,(H,29,31,35). The van der Waals surface area contributed by atoms with Crippen LogP contribution in [0.5, 0.6) is 0 Å². The number of pyridine rings is 1. The molecule has 2 aliphatic heterocycles. The number of anilines is 3. The van der Waals surface area contributed by atoms with Crippen LogP contribution in [0.1, 0.15) is 15.9 Å². The number of benzene rings is 1. The molecular weight excluding hydrogens is 489 g/mol. The van der Waals surface area contributed by atoms with Crippen molar-refractivity contribution in [1.29, 1.82) is 0 Å². The van der Waals surface area contributed by atoms with Crippen LogP contribution < -0.4 is 15.1 Å². The van der Waals surface area contributed by atoms with Crippen LogP contribution in [0.3, 0.4) is 0 Å². The number of carbonyl (C=O) groups is 1. The van der Waals surface area contributed by atoms with Crippen LogP contribution in [0.15, 0.2) is 48.7 Å². The molecule has 1 N–H and O–H groups in total. The van der Waals surface area contributed by atoms with E-state index < -0.39 is 17.6 Å². The Bertz CT molecular complexity index is 1210. The summed E-state index contributed by atoms with van der Waals surface area (Å²) < 4.78 is 53.6. The molecule has 2 fully saturated rings. The van der Waals surface area contributed by atoms with Gasteiger partial charge in [-0.1, -0.05) is 18.2 Å². The zero-order valence-corrected chi connectivity index (χ0v) is 19.9. The van der Waals surface area contributed by atoms with E-state index in [0.717, 1.165) is 12.3 Å². The van der Waals surface area contributed by atoms with E-state index >= 15 is 0 Å². The number of hydrogen-bond acceptors (Lipinski definition) is 8. The number of carbonyl (C=O) groups excluding carboxylic acids is 1. The fourth-order valence-electron chi connectivity index (χ4n) is 4.16. The van der Waals surface area contributed by atoms with Crippen molar-refractivity contribution in [1.82, 2.24) is 15.0 Å². The number of ether oxygens (including phenoxy) is 2. The fourth-order valence-corrected chi connectivity index (χ4v) is 4.16. The van der Waals surface area contributed by atoms with Crippen molar-refractivity contribution in [3.63, 3.8) is 0 Å².